The first-order valence-corrected chi connectivity index (χ1v) is 7.93. The number of carbonyl (C=O) groups is 1. The van der Waals surface area contributed by atoms with Crippen molar-refractivity contribution in [3.8, 4) is 0 Å². The molecule has 1 unspecified atom stereocenters. The zero-order valence-corrected chi connectivity index (χ0v) is 14.7. The minimum absolute atomic E-state index is 0.178. The second kappa shape index (κ2) is 7.68. The molecule has 0 spiro atoms. The second-order valence-corrected chi connectivity index (χ2v) is 7.59. The minimum atomic E-state index is -0.475. The van der Waals surface area contributed by atoms with Crippen LogP contribution >= 0.6 is 0 Å². The van der Waals surface area contributed by atoms with E-state index in [0.717, 1.165) is 13.0 Å². The lowest BCUT2D eigenvalue weighted by molar-refractivity contribution is 0.0507. The number of nitrogens with one attached hydrogen (secondary N) is 3. The van der Waals surface area contributed by atoms with Gasteiger partial charge in [-0.25, -0.2) is 4.79 Å². The maximum absolute atomic E-state index is 11.9. The van der Waals surface area contributed by atoms with Crippen molar-refractivity contribution in [3.05, 3.63) is 24.0 Å². The molecule has 5 heteroatoms. The van der Waals surface area contributed by atoms with Crippen LogP contribution in [0.4, 0.5) is 4.79 Å². The van der Waals surface area contributed by atoms with Crippen LogP contribution in [0, 0.1) is 5.92 Å². The van der Waals surface area contributed by atoms with Crippen molar-refractivity contribution in [2.24, 2.45) is 5.92 Å². The summed E-state index contributed by atoms with van der Waals surface area (Å²) in [5.41, 5.74) is 0.548. The summed E-state index contributed by atoms with van der Waals surface area (Å²) in [6, 6.07) is 2.05. The van der Waals surface area contributed by atoms with Crippen LogP contribution in [0.1, 0.15) is 53.5 Å². The zero-order chi connectivity index (χ0) is 16.8. The highest BCUT2D eigenvalue weighted by Crippen LogP contribution is 2.17. The summed E-state index contributed by atoms with van der Waals surface area (Å²) in [5, 5.41) is 6.44. The Hall–Kier alpha value is -1.49. The molecule has 0 radical (unpaired) electrons. The van der Waals surface area contributed by atoms with Gasteiger partial charge in [-0.1, -0.05) is 13.8 Å². The molecule has 0 aliphatic heterocycles. The van der Waals surface area contributed by atoms with E-state index in [2.05, 4.69) is 36.4 Å². The monoisotopic (exact) mass is 309 g/mol. The van der Waals surface area contributed by atoms with Crippen molar-refractivity contribution in [2.45, 2.75) is 65.6 Å². The molecule has 0 aliphatic carbocycles. The van der Waals surface area contributed by atoms with Gasteiger partial charge in [0.05, 0.1) is 0 Å². The van der Waals surface area contributed by atoms with Gasteiger partial charge in [0.25, 0.3) is 0 Å². The third-order valence-corrected chi connectivity index (χ3v) is 3.26. The van der Waals surface area contributed by atoms with E-state index in [1.54, 1.807) is 0 Å². The van der Waals surface area contributed by atoms with E-state index in [9.17, 15) is 4.79 Å². The number of aromatic nitrogens is 1. The fourth-order valence-corrected chi connectivity index (χ4v) is 2.47. The molecule has 1 aromatic heterocycles. The Balaban J connectivity index is 2.56. The van der Waals surface area contributed by atoms with Crippen LogP contribution in [0.25, 0.3) is 0 Å². The van der Waals surface area contributed by atoms with Crippen molar-refractivity contribution >= 4 is 6.09 Å². The number of alkyl carbamates (subject to hydrolysis) is 1. The lowest BCUT2D eigenvalue weighted by atomic mass is 9.90. The van der Waals surface area contributed by atoms with Crippen LogP contribution < -0.4 is 10.6 Å². The van der Waals surface area contributed by atoms with E-state index in [4.69, 9.17) is 4.74 Å². The van der Waals surface area contributed by atoms with E-state index < -0.39 is 5.60 Å². The van der Waals surface area contributed by atoms with Gasteiger partial charge in [-0.05, 0) is 51.7 Å². The number of ether oxygens (including phenoxy) is 1. The number of amides is 1. The Morgan fingerprint density at radius 1 is 1.32 bits per heavy atom. The molecule has 22 heavy (non-hydrogen) atoms. The van der Waals surface area contributed by atoms with Crippen molar-refractivity contribution in [1.29, 1.82) is 0 Å². The normalized spacial score (nSPS) is 14.7. The molecule has 0 aliphatic rings. The van der Waals surface area contributed by atoms with Crippen LogP contribution in [-0.4, -0.2) is 28.8 Å². The zero-order valence-electron chi connectivity index (χ0n) is 14.7. The Morgan fingerprint density at radius 3 is 2.50 bits per heavy atom. The molecule has 0 bridgehead atoms. The molecule has 1 rings (SSSR count). The largest absolute Gasteiger partial charge is 0.444 e. The highest BCUT2D eigenvalue weighted by Gasteiger charge is 2.26. The molecule has 1 aromatic rings. The second-order valence-electron chi connectivity index (χ2n) is 7.59. The van der Waals surface area contributed by atoms with Gasteiger partial charge >= 0.3 is 6.09 Å². The van der Waals surface area contributed by atoms with Gasteiger partial charge in [-0.3, -0.25) is 0 Å². The van der Waals surface area contributed by atoms with Crippen LogP contribution in [0.5, 0.6) is 0 Å². The molecule has 0 saturated heterocycles. The number of hydrogen-bond acceptors (Lipinski definition) is 3. The smallest absolute Gasteiger partial charge is 0.407 e. The molecular formula is C17H31N3O2. The molecule has 1 atom stereocenters. The minimum Gasteiger partial charge on any atom is -0.444 e. The summed E-state index contributed by atoms with van der Waals surface area (Å²) in [6.45, 7) is 13.4. The molecule has 0 saturated carbocycles. The van der Waals surface area contributed by atoms with Gasteiger partial charge in [0.1, 0.15) is 5.60 Å². The number of carbonyl (C=O) groups excluding carboxylic acids is 1. The van der Waals surface area contributed by atoms with Gasteiger partial charge in [0.15, 0.2) is 0 Å². The highest BCUT2D eigenvalue weighted by atomic mass is 16.6. The van der Waals surface area contributed by atoms with Gasteiger partial charge in [-0.15, -0.1) is 0 Å². The summed E-state index contributed by atoms with van der Waals surface area (Å²) >= 11 is 0. The van der Waals surface area contributed by atoms with Crippen LogP contribution in [0.2, 0.25) is 0 Å². The maximum Gasteiger partial charge on any atom is 0.407 e. The van der Waals surface area contributed by atoms with Crippen molar-refractivity contribution in [1.82, 2.24) is 15.6 Å². The van der Waals surface area contributed by atoms with Crippen LogP contribution in [0.15, 0.2) is 18.5 Å². The Bertz CT molecular complexity index is 449. The first kappa shape index (κ1) is 18.6. The lowest BCUT2D eigenvalue weighted by Gasteiger charge is -2.33. The molecule has 3 N–H and O–H groups in total. The molecule has 0 fully saturated rings. The summed E-state index contributed by atoms with van der Waals surface area (Å²) < 4.78 is 5.31. The van der Waals surface area contributed by atoms with E-state index in [1.807, 2.05) is 39.2 Å². The summed E-state index contributed by atoms with van der Waals surface area (Å²) in [6.07, 6.45) is 4.48. The summed E-state index contributed by atoms with van der Waals surface area (Å²) in [7, 11) is 0. The number of H-pyrrole nitrogens is 1. The standard InChI is InChI=1S/C17H31N3O2/c1-13(2)9-17(6,20-11-14-7-8-18-10-14)12-19-15(21)22-16(3,4)5/h7-8,10,13,18,20H,9,11-12H2,1-6H3,(H,19,21). The topological polar surface area (TPSA) is 66.2 Å². The molecule has 126 valence electrons. The number of rotatable bonds is 7. The van der Waals surface area contributed by atoms with Crippen molar-refractivity contribution in [3.63, 3.8) is 0 Å². The van der Waals surface area contributed by atoms with E-state index in [0.29, 0.717) is 12.5 Å². The third-order valence-electron chi connectivity index (χ3n) is 3.26. The Morgan fingerprint density at radius 2 is 2.00 bits per heavy atom. The van der Waals surface area contributed by atoms with E-state index in [-0.39, 0.29) is 11.6 Å². The van der Waals surface area contributed by atoms with Gasteiger partial charge < -0.3 is 20.4 Å². The first-order chi connectivity index (χ1) is 10.1. The average molecular weight is 309 g/mol. The van der Waals surface area contributed by atoms with Crippen molar-refractivity contribution < 1.29 is 9.53 Å². The molecule has 5 nitrogen and oxygen atoms in total. The SMILES string of the molecule is CC(C)CC(C)(CNC(=O)OC(C)(C)C)NCc1cc[nH]c1. The average Bonchev–Trinajstić information content (AvgIpc) is 2.84. The summed E-state index contributed by atoms with van der Waals surface area (Å²) in [5.74, 6) is 0.532. The first-order valence-electron chi connectivity index (χ1n) is 7.93. The quantitative estimate of drug-likeness (QED) is 0.723. The predicted molar refractivity (Wildman–Crippen MR) is 89.7 cm³/mol. The van der Waals surface area contributed by atoms with Gasteiger partial charge in [0, 0.05) is 31.0 Å². The third kappa shape index (κ3) is 7.50. The fraction of sp³-hybridized carbons (Fsp3) is 0.706. The predicted octanol–water partition coefficient (Wildman–Crippen LogP) is 3.43. The van der Waals surface area contributed by atoms with E-state index >= 15 is 0 Å². The van der Waals surface area contributed by atoms with E-state index in [1.165, 1.54) is 5.56 Å². The number of hydrogen-bond donors (Lipinski definition) is 3. The molecule has 1 heterocycles. The van der Waals surface area contributed by atoms with Gasteiger partial charge in [-0.2, -0.15) is 0 Å². The van der Waals surface area contributed by atoms with Crippen LogP contribution in [-0.2, 0) is 11.3 Å². The number of aromatic amines is 1. The highest BCUT2D eigenvalue weighted by molar-refractivity contribution is 5.67. The molecular weight excluding hydrogens is 278 g/mol. The summed E-state index contributed by atoms with van der Waals surface area (Å²) in [4.78, 5) is 14.9. The fourth-order valence-electron chi connectivity index (χ4n) is 2.47. The van der Waals surface area contributed by atoms with Crippen molar-refractivity contribution in [2.75, 3.05) is 6.54 Å². The Kier molecular flexibility index (Phi) is 6.48. The van der Waals surface area contributed by atoms with Crippen LogP contribution in [0.3, 0.4) is 0 Å². The van der Waals surface area contributed by atoms with Gasteiger partial charge in [0.2, 0.25) is 0 Å². The maximum atomic E-state index is 11.9. The molecule has 0 aromatic carbocycles. The lowest BCUT2D eigenvalue weighted by Crippen LogP contribution is -2.52. The molecule has 1 amide bonds. The Labute approximate surface area is 134 Å².